The highest BCUT2D eigenvalue weighted by Gasteiger charge is 2.21. The van der Waals surface area contributed by atoms with Crippen molar-refractivity contribution in [3.05, 3.63) is 30.3 Å². The third-order valence-electron chi connectivity index (χ3n) is 3.06. The van der Waals surface area contributed by atoms with E-state index in [-0.39, 0.29) is 17.0 Å². The maximum Gasteiger partial charge on any atom is 0.188 e. The third kappa shape index (κ3) is 5.96. The first-order valence-electron chi connectivity index (χ1n) is 6.58. The average molecular weight is 327 g/mol. The zero-order valence-electron chi connectivity index (χ0n) is 11.4. The number of nitrogens with two attached hydrogens (primary N) is 1. The van der Waals surface area contributed by atoms with Crippen molar-refractivity contribution in [2.24, 2.45) is 10.7 Å². The van der Waals surface area contributed by atoms with Crippen LogP contribution in [0, 0.1) is 0 Å². The first-order valence-corrected chi connectivity index (χ1v) is 6.58. The number of nitrogens with one attached hydrogen (secondary N) is 1. The Balaban J connectivity index is 0.00000180. The van der Waals surface area contributed by atoms with Gasteiger partial charge in [0.1, 0.15) is 0 Å². The van der Waals surface area contributed by atoms with Gasteiger partial charge in [0.2, 0.25) is 0 Å². The second-order valence-corrected chi connectivity index (χ2v) is 4.80. The molecule has 0 unspecified atom stereocenters. The van der Waals surface area contributed by atoms with Gasteiger partial charge in [0.15, 0.2) is 5.96 Å². The van der Waals surface area contributed by atoms with E-state index in [0.29, 0.717) is 12.0 Å². The lowest BCUT2D eigenvalue weighted by Crippen LogP contribution is -2.33. The predicted octanol–water partition coefficient (Wildman–Crippen LogP) is 2.16. The van der Waals surface area contributed by atoms with Crippen molar-refractivity contribution in [3.8, 4) is 0 Å². The summed E-state index contributed by atoms with van der Waals surface area (Å²) < 4.78 is 0. The number of rotatable bonds is 6. The van der Waals surface area contributed by atoms with Crippen LogP contribution in [0.2, 0.25) is 0 Å². The Morgan fingerprint density at radius 1 is 1.37 bits per heavy atom. The molecule has 0 radical (unpaired) electrons. The zero-order valence-corrected chi connectivity index (χ0v) is 13.1. The molecule has 1 aromatic rings. The first-order chi connectivity index (χ1) is 8.75. The molecular formula is C14H23BrN4. The van der Waals surface area contributed by atoms with E-state index in [4.69, 9.17) is 5.73 Å². The van der Waals surface area contributed by atoms with Crippen molar-refractivity contribution < 1.29 is 0 Å². The van der Waals surface area contributed by atoms with E-state index in [1.807, 2.05) is 6.07 Å². The van der Waals surface area contributed by atoms with Gasteiger partial charge in [-0.25, -0.2) is 0 Å². The number of nitrogens with zero attached hydrogens (tertiary/aromatic N) is 2. The Morgan fingerprint density at radius 3 is 2.68 bits per heavy atom. The lowest BCUT2D eigenvalue weighted by Gasteiger charge is -2.18. The molecule has 0 amide bonds. The largest absolute Gasteiger partial charge is 0.375 e. The summed E-state index contributed by atoms with van der Waals surface area (Å²) in [5.74, 6) is 0.597. The topological polar surface area (TPSA) is 53.6 Å². The van der Waals surface area contributed by atoms with Crippen LogP contribution in [0.15, 0.2) is 35.3 Å². The quantitative estimate of drug-likeness (QED) is 0.478. The Kier molecular flexibility index (Phi) is 6.70. The number of aliphatic imine (C=N–C) groups is 1. The highest BCUT2D eigenvalue weighted by atomic mass is 79.9. The lowest BCUT2D eigenvalue weighted by molar-refractivity contribution is 0.786. The van der Waals surface area contributed by atoms with E-state index in [1.165, 1.54) is 18.5 Å². The van der Waals surface area contributed by atoms with Gasteiger partial charge in [0.25, 0.3) is 0 Å². The van der Waals surface area contributed by atoms with E-state index < -0.39 is 0 Å². The molecule has 0 heterocycles. The Morgan fingerprint density at radius 2 is 2.05 bits per heavy atom. The molecule has 5 heteroatoms. The summed E-state index contributed by atoms with van der Waals surface area (Å²) >= 11 is 0. The summed E-state index contributed by atoms with van der Waals surface area (Å²) in [6.45, 7) is 1.77. The Hall–Kier alpha value is -1.23. The summed E-state index contributed by atoms with van der Waals surface area (Å²) in [6, 6.07) is 11.0. The van der Waals surface area contributed by atoms with Crippen molar-refractivity contribution >= 4 is 28.6 Å². The molecule has 0 aromatic heterocycles. The van der Waals surface area contributed by atoms with E-state index in [1.54, 1.807) is 0 Å². The molecule has 3 N–H and O–H groups in total. The number of para-hydroxylation sites is 1. The highest BCUT2D eigenvalue weighted by Crippen LogP contribution is 2.18. The van der Waals surface area contributed by atoms with Crippen LogP contribution in [0.3, 0.4) is 0 Å². The fraction of sp³-hybridized carbons (Fsp3) is 0.500. The van der Waals surface area contributed by atoms with Crippen LogP contribution in [0.5, 0.6) is 0 Å². The van der Waals surface area contributed by atoms with Crippen molar-refractivity contribution in [2.45, 2.75) is 25.3 Å². The van der Waals surface area contributed by atoms with Crippen LogP contribution in [-0.4, -0.2) is 32.1 Å². The molecule has 1 saturated carbocycles. The summed E-state index contributed by atoms with van der Waals surface area (Å²) in [5.41, 5.74) is 7.01. The van der Waals surface area contributed by atoms with Gasteiger partial charge in [-0.3, -0.25) is 4.99 Å². The molecule has 19 heavy (non-hydrogen) atoms. The molecular weight excluding hydrogens is 304 g/mol. The Labute approximate surface area is 125 Å². The monoisotopic (exact) mass is 326 g/mol. The number of hydrogen-bond donors (Lipinski definition) is 2. The zero-order chi connectivity index (χ0) is 12.8. The Bertz CT molecular complexity index is 390. The van der Waals surface area contributed by atoms with E-state index >= 15 is 0 Å². The minimum Gasteiger partial charge on any atom is -0.375 e. The molecule has 0 saturated heterocycles. The van der Waals surface area contributed by atoms with Crippen LogP contribution >= 0.6 is 17.0 Å². The molecule has 1 fully saturated rings. The predicted molar refractivity (Wildman–Crippen MR) is 87.3 cm³/mol. The summed E-state index contributed by atoms with van der Waals surface area (Å²) in [5, 5.41) is 3.19. The first kappa shape index (κ1) is 15.8. The normalized spacial score (nSPS) is 14.7. The molecule has 106 valence electrons. The van der Waals surface area contributed by atoms with Gasteiger partial charge in [-0.05, 0) is 31.4 Å². The van der Waals surface area contributed by atoms with Crippen LogP contribution in [0.1, 0.15) is 19.3 Å². The van der Waals surface area contributed by atoms with E-state index in [2.05, 4.69) is 46.5 Å². The number of benzene rings is 1. The van der Waals surface area contributed by atoms with Gasteiger partial charge >= 0.3 is 0 Å². The van der Waals surface area contributed by atoms with Gasteiger partial charge in [-0.1, -0.05) is 18.2 Å². The van der Waals surface area contributed by atoms with Crippen LogP contribution in [0.25, 0.3) is 0 Å². The van der Waals surface area contributed by atoms with Crippen LogP contribution < -0.4 is 16.0 Å². The van der Waals surface area contributed by atoms with Crippen molar-refractivity contribution in [2.75, 3.05) is 25.0 Å². The van der Waals surface area contributed by atoms with Crippen LogP contribution in [-0.2, 0) is 0 Å². The van der Waals surface area contributed by atoms with E-state index in [0.717, 1.165) is 19.5 Å². The fourth-order valence-electron chi connectivity index (χ4n) is 1.80. The third-order valence-corrected chi connectivity index (χ3v) is 3.06. The molecule has 2 rings (SSSR count). The molecule has 0 atom stereocenters. The van der Waals surface area contributed by atoms with Gasteiger partial charge in [-0.2, -0.15) is 0 Å². The summed E-state index contributed by atoms with van der Waals surface area (Å²) in [7, 11) is 2.10. The van der Waals surface area contributed by atoms with Gasteiger partial charge < -0.3 is 16.0 Å². The van der Waals surface area contributed by atoms with Crippen molar-refractivity contribution in [3.63, 3.8) is 0 Å². The molecule has 1 aliphatic carbocycles. The SMILES string of the molecule is Br.CN(CCCN=C(N)NC1CC1)c1ccccc1. The average Bonchev–Trinajstić information content (AvgIpc) is 3.19. The summed E-state index contributed by atoms with van der Waals surface area (Å²) in [6.07, 6.45) is 3.47. The fourth-order valence-corrected chi connectivity index (χ4v) is 1.80. The van der Waals surface area contributed by atoms with Crippen molar-refractivity contribution in [1.29, 1.82) is 0 Å². The lowest BCUT2D eigenvalue weighted by atomic mass is 10.3. The standard InChI is InChI=1S/C14H22N4.BrH/c1-18(13-6-3-2-4-7-13)11-5-10-16-14(15)17-12-8-9-12;/h2-4,6-7,12H,5,8-11H2,1H3,(H3,15,16,17);1H. The molecule has 0 bridgehead atoms. The van der Waals surface area contributed by atoms with Gasteiger partial charge in [-0.15, -0.1) is 17.0 Å². The minimum absolute atomic E-state index is 0. The number of halogens is 1. The molecule has 0 spiro atoms. The highest BCUT2D eigenvalue weighted by molar-refractivity contribution is 8.93. The maximum atomic E-state index is 5.77. The second kappa shape index (κ2) is 8.04. The maximum absolute atomic E-state index is 5.77. The van der Waals surface area contributed by atoms with Crippen LogP contribution in [0.4, 0.5) is 5.69 Å². The molecule has 1 aromatic carbocycles. The number of anilines is 1. The van der Waals surface area contributed by atoms with Crippen molar-refractivity contribution in [1.82, 2.24) is 5.32 Å². The summed E-state index contributed by atoms with van der Waals surface area (Å²) in [4.78, 5) is 6.56. The smallest absolute Gasteiger partial charge is 0.188 e. The van der Waals surface area contributed by atoms with Gasteiger partial charge in [0, 0.05) is 31.9 Å². The number of hydrogen-bond acceptors (Lipinski definition) is 2. The second-order valence-electron chi connectivity index (χ2n) is 4.80. The molecule has 0 aliphatic heterocycles. The molecule has 1 aliphatic rings. The van der Waals surface area contributed by atoms with Gasteiger partial charge in [0.05, 0.1) is 0 Å². The number of guanidine groups is 1. The molecule has 4 nitrogen and oxygen atoms in total. The van der Waals surface area contributed by atoms with E-state index in [9.17, 15) is 0 Å². The minimum atomic E-state index is 0.